The summed E-state index contributed by atoms with van der Waals surface area (Å²) in [6, 6.07) is 12.3. The summed E-state index contributed by atoms with van der Waals surface area (Å²) in [4.78, 5) is 34.2. The van der Waals surface area contributed by atoms with Gasteiger partial charge in [-0.1, -0.05) is 31.2 Å². The molecule has 2 amide bonds. The highest BCUT2D eigenvalue weighted by atomic mass is 16.6. The Labute approximate surface area is 164 Å². The Morgan fingerprint density at radius 1 is 1.21 bits per heavy atom. The molecule has 29 heavy (non-hydrogen) atoms. The molecule has 2 aromatic carbocycles. The van der Waals surface area contributed by atoms with E-state index in [1.807, 2.05) is 13.0 Å². The van der Waals surface area contributed by atoms with Crippen molar-refractivity contribution in [3.05, 3.63) is 58.6 Å². The van der Waals surface area contributed by atoms with Crippen LogP contribution in [0.1, 0.15) is 13.3 Å². The van der Waals surface area contributed by atoms with E-state index < -0.39 is 16.7 Å². The number of aromatic nitrogens is 1. The van der Waals surface area contributed by atoms with Crippen LogP contribution in [0.5, 0.6) is 5.88 Å². The summed E-state index contributed by atoms with van der Waals surface area (Å²) in [7, 11) is 0. The summed E-state index contributed by atoms with van der Waals surface area (Å²) < 4.78 is 1.65. The van der Waals surface area contributed by atoms with Crippen LogP contribution in [0.25, 0.3) is 10.9 Å². The summed E-state index contributed by atoms with van der Waals surface area (Å²) in [6.45, 7) is 2.50. The van der Waals surface area contributed by atoms with Crippen LogP contribution in [-0.2, 0) is 16.1 Å². The van der Waals surface area contributed by atoms with Gasteiger partial charge in [0.15, 0.2) is 5.69 Å². The Bertz CT molecular complexity index is 1140. The molecule has 10 heteroatoms. The van der Waals surface area contributed by atoms with Crippen LogP contribution in [-0.4, -0.2) is 26.4 Å². The molecule has 0 aliphatic heterocycles. The van der Waals surface area contributed by atoms with Gasteiger partial charge in [0.05, 0.1) is 10.4 Å². The molecule has 0 aliphatic carbocycles. The molecule has 3 aromatic rings. The van der Waals surface area contributed by atoms with E-state index in [0.29, 0.717) is 11.9 Å². The van der Waals surface area contributed by atoms with Crippen LogP contribution < -0.4 is 5.32 Å². The van der Waals surface area contributed by atoms with E-state index in [1.165, 1.54) is 18.2 Å². The summed E-state index contributed by atoms with van der Waals surface area (Å²) in [6.07, 6.45) is 0.771. The van der Waals surface area contributed by atoms with Gasteiger partial charge < -0.3 is 15.0 Å². The molecule has 0 radical (unpaired) electrons. The van der Waals surface area contributed by atoms with Crippen molar-refractivity contribution in [1.82, 2.24) is 4.57 Å². The van der Waals surface area contributed by atoms with E-state index in [4.69, 9.17) is 0 Å². The molecule has 0 bridgehead atoms. The van der Waals surface area contributed by atoms with Crippen molar-refractivity contribution in [2.24, 2.45) is 10.2 Å². The van der Waals surface area contributed by atoms with Crippen molar-refractivity contribution in [3.8, 4) is 5.88 Å². The molecule has 148 valence electrons. The highest BCUT2D eigenvalue weighted by Gasteiger charge is 2.18. The van der Waals surface area contributed by atoms with Crippen molar-refractivity contribution in [3.63, 3.8) is 0 Å². The molecule has 0 saturated carbocycles. The van der Waals surface area contributed by atoms with E-state index in [0.717, 1.165) is 18.0 Å². The Hall–Kier alpha value is -4.08. The molecule has 0 aliphatic rings. The zero-order chi connectivity index (χ0) is 21.0. The second-order valence-electron chi connectivity index (χ2n) is 6.11. The Balaban J connectivity index is 1.82. The third-order valence-electron chi connectivity index (χ3n) is 4.11. The zero-order valence-corrected chi connectivity index (χ0v) is 15.4. The van der Waals surface area contributed by atoms with E-state index in [-0.39, 0.29) is 22.9 Å². The summed E-state index contributed by atoms with van der Waals surface area (Å²) in [5.74, 6) is -2.46. The van der Waals surface area contributed by atoms with Crippen molar-refractivity contribution < 1.29 is 19.6 Å². The van der Waals surface area contributed by atoms with Crippen molar-refractivity contribution in [2.75, 3.05) is 5.32 Å². The highest BCUT2D eigenvalue weighted by molar-refractivity contribution is 6.40. The quantitative estimate of drug-likeness (QED) is 0.292. The van der Waals surface area contributed by atoms with Gasteiger partial charge in [-0.05, 0) is 18.6 Å². The predicted octanol–water partition coefficient (Wildman–Crippen LogP) is 3.91. The van der Waals surface area contributed by atoms with Gasteiger partial charge in [-0.25, -0.2) is 0 Å². The van der Waals surface area contributed by atoms with E-state index in [2.05, 4.69) is 15.5 Å². The number of anilines is 1. The average Bonchev–Trinajstić information content (AvgIpc) is 2.98. The standard InChI is InChI=1S/C19H17N5O5/c1-2-10-23-15-9-4-3-8-14(15)16(19(23)27)21-22-18(26)17(25)20-12-6-5-7-13(11-12)24(28)29/h3-9,11,27H,2,10H2,1H3,(H,20,25). The van der Waals surface area contributed by atoms with Gasteiger partial charge in [0.1, 0.15) is 0 Å². The number of carbonyl (C=O) groups excluding carboxylic acids is 2. The van der Waals surface area contributed by atoms with Crippen LogP contribution >= 0.6 is 0 Å². The fraction of sp³-hybridized carbons (Fsp3) is 0.158. The minimum Gasteiger partial charge on any atom is -0.493 e. The number of aryl methyl sites for hydroxylation is 1. The smallest absolute Gasteiger partial charge is 0.353 e. The number of amides is 2. The van der Waals surface area contributed by atoms with E-state index in [9.17, 15) is 24.8 Å². The zero-order valence-electron chi connectivity index (χ0n) is 15.4. The van der Waals surface area contributed by atoms with Gasteiger partial charge in [-0.3, -0.25) is 19.7 Å². The van der Waals surface area contributed by atoms with Crippen molar-refractivity contribution in [1.29, 1.82) is 0 Å². The average molecular weight is 395 g/mol. The molecular weight excluding hydrogens is 378 g/mol. The molecule has 0 fully saturated rings. The number of fused-ring (bicyclic) bond motifs is 1. The van der Waals surface area contributed by atoms with Gasteiger partial charge in [0, 0.05) is 29.8 Å². The van der Waals surface area contributed by atoms with Crippen LogP contribution in [0, 0.1) is 10.1 Å². The topological polar surface area (TPSA) is 139 Å². The number of hydrogen-bond acceptors (Lipinski definition) is 6. The minimum absolute atomic E-state index is 0.0788. The molecule has 0 saturated heterocycles. The highest BCUT2D eigenvalue weighted by Crippen LogP contribution is 2.38. The summed E-state index contributed by atoms with van der Waals surface area (Å²) in [5.41, 5.74) is 0.667. The van der Waals surface area contributed by atoms with Gasteiger partial charge in [-0.2, -0.15) is 0 Å². The predicted molar refractivity (Wildman–Crippen MR) is 105 cm³/mol. The molecule has 0 unspecified atom stereocenters. The third kappa shape index (κ3) is 4.10. The Morgan fingerprint density at radius 2 is 1.97 bits per heavy atom. The second-order valence-corrected chi connectivity index (χ2v) is 6.11. The van der Waals surface area contributed by atoms with Crippen LogP contribution in [0.2, 0.25) is 0 Å². The normalized spacial score (nSPS) is 11.1. The van der Waals surface area contributed by atoms with Crippen molar-refractivity contribution >= 4 is 39.8 Å². The van der Waals surface area contributed by atoms with Gasteiger partial charge >= 0.3 is 11.8 Å². The number of para-hydroxylation sites is 1. The number of nitrogens with one attached hydrogen (secondary N) is 1. The SMILES string of the molecule is CCCn1c(O)c(N=NC(=O)C(=O)Nc2cccc([N+](=O)[O-])c2)c2ccccc21. The number of nitro groups is 1. The molecule has 10 nitrogen and oxygen atoms in total. The summed E-state index contributed by atoms with van der Waals surface area (Å²) >= 11 is 0. The third-order valence-corrected chi connectivity index (χ3v) is 4.11. The lowest BCUT2D eigenvalue weighted by Crippen LogP contribution is -2.20. The first-order valence-corrected chi connectivity index (χ1v) is 8.74. The van der Waals surface area contributed by atoms with Gasteiger partial charge in [0.25, 0.3) is 5.69 Å². The maximum Gasteiger partial charge on any atom is 0.353 e. The van der Waals surface area contributed by atoms with E-state index in [1.54, 1.807) is 22.8 Å². The van der Waals surface area contributed by atoms with E-state index >= 15 is 0 Å². The maximum atomic E-state index is 12.0. The Morgan fingerprint density at radius 3 is 2.69 bits per heavy atom. The lowest BCUT2D eigenvalue weighted by molar-refractivity contribution is -0.384. The first-order valence-electron chi connectivity index (χ1n) is 8.74. The first-order chi connectivity index (χ1) is 13.9. The molecule has 3 rings (SSSR count). The van der Waals surface area contributed by atoms with Crippen molar-refractivity contribution in [2.45, 2.75) is 19.9 Å². The minimum atomic E-state index is -1.21. The maximum absolute atomic E-state index is 12.0. The number of hydrogen-bond donors (Lipinski definition) is 2. The molecule has 0 spiro atoms. The number of carbonyl (C=O) groups is 2. The number of benzene rings is 2. The lowest BCUT2D eigenvalue weighted by Gasteiger charge is -2.03. The van der Waals surface area contributed by atoms with Gasteiger partial charge in [-0.15, -0.1) is 10.2 Å². The van der Waals surface area contributed by atoms with Crippen LogP contribution in [0.4, 0.5) is 17.1 Å². The Kier molecular flexibility index (Phi) is 5.63. The lowest BCUT2D eigenvalue weighted by atomic mass is 10.2. The first kappa shape index (κ1) is 19.7. The molecule has 2 N–H and O–H groups in total. The number of non-ortho nitro benzene ring substituents is 1. The monoisotopic (exact) mass is 395 g/mol. The largest absolute Gasteiger partial charge is 0.493 e. The molecular formula is C19H17N5O5. The number of aromatic hydroxyl groups is 1. The van der Waals surface area contributed by atoms with Crippen LogP contribution in [0.3, 0.4) is 0 Å². The summed E-state index contributed by atoms with van der Waals surface area (Å²) in [5, 5.41) is 31.2. The van der Waals surface area contributed by atoms with Crippen LogP contribution in [0.15, 0.2) is 58.8 Å². The number of azo groups is 1. The number of rotatable bonds is 5. The fourth-order valence-corrected chi connectivity index (χ4v) is 2.84. The number of nitrogens with zero attached hydrogens (tertiary/aromatic N) is 4. The van der Waals surface area contributed by atoms with Gasteiger partial charge in [0.2, 0.25) is 5.88 Å². The molecule has 1 heterocycles. The molecule has 1 aromatic heterocycles. The second kappa shape index (κ2) is 8.30. The molecule has 0 atom stereocenters. The fourth-order valence-electron chi connectivity index (χ4n) is 2.84. The number of nitro benzene ring substituents is 1.